The van der Waals surface area contributed by atoms with Gasteiger partial charge in [-0.05, 0) is 50.7 Å². The molecule has 0 aliphatic rings. The van der Waals surface area contributed by atoms with E-state index in [1.165, 1.54) is 11.1 Å². The van der Waals surface area contributed by atoms with Crippen molar-refractivity contribution in [2.45, 2.75) is 53.4 Å². The molecule has 19 heavy (non-hydrogen) atoms. The first-order chi connectivity index (χ1) is 9.28. The second kappa shape index (κ2) is 13.6. The first-order valence-electron chi connectivity index (χ1n) is 7.45. The average molecular weight is 270 g/mol. The van der Waals surface area contributed by atoms with E-state index in [-0.39, 0.29) is 0 Å². The van der Waals surface area contributed by atoms with Crippen LogP contribution in [0.3, 0.4) is 0 Å². The van der Waals surface area contributed by atoms with Crippen molar-refractivity contribution in [3.63, 3.8) is 0 Å². The van der Waals surface area contributed by atoms with Gasteiger partial charge in [0.15, 0.2) is 0 Å². The highest BCUT2D eigenvalue weighted by Gasteiger charge is 1.97. The summed E-state index contributed by atoms with van der Waals surface area (Å²) in [6, 6.07) is 0. The van der Waals surface area contributed by atoms with Crippen molar-refractivity contribution in [1.82, 2.24) is 0 Å². The lowest BCUT2D eigenvalue weighted by Crippen LogP contribution is -1.96. The molecule has 0 aliphatic carbocycles. The third-order valence-electron chi connectivity index (χ3n) is 2.92. The molecule has 0 atom stereocenters. The molecular weight excluding hydrogens is 240 g/mol. The SMILES string of the molecule is CCOCCC(=COC=C(CC)CCOCC)CC. The molecule has 0 unspecified atom stereocenters. The van der Waals surface area contributed by atoms with Crippen molar-refractivity contribution >= 4 is 0 Å². The maximum Gasteiger partial charge on any atom is 0.0894 e. The molecular formula is C16H30O3. The normalized spacial score (nSPS) is 12.8. The smallest absolute Gasteiger partial charge is 0.0894 e. The Bertz CT molecular complexity index is 231. The summed E-state index contributed by atoms with van der Waals surface area (Å²) in [5.41, 5.74) is 2.56. The number of hydrogen-bond donors (Lipinski definition) is 0. The second-order valence-electron chi connectivity index (χ2n) is 4.29. The molecule has 0 radical (unpaired) electrons. The van der Waals surface area contributed by atoms with Gasteiger partial charge < -0.3 is 14.2 Å². The van der Waals surface area contributed by atoms with Crippen molar-refractivity contribution < 1.29 is 14.2 Å². The molecule has 0 spiro atoms. The zero-order valence-corrected chi connectivity index (χ0v) is 13.0. The molecule has 112 valence electrons. The van der Waals surface area contributed by atoms with Crippen molar-refractivity contribution in [3.05, 3.63) is 23.7 Å². The third-order valence-corrected chi connectivity index (χ3v) is 2.92. The lowest BCUT2D eigenvalue weighted by molar-refractivity contribution is 0.149. The summed E-state index contributed by atoms with van der Waals surface area (Å²) < 4.78 is 16.3. The van der Waals surface area contributed by atoms with Crippen molar-refractivity contribution in [1.29, 1.82) is 0 Å². The van der Waals surface area contributed by atoms with Crippen molar-refractivity contribution in [2.75, 3.05) is 26.4 Å². The van der Waals surface area contributed by atoms with Gasteiger partial charge in [-0.2, -0.15) is 0 Å². The van der Waals surface area contributed by atoms with Gasteiger partial charge >= 0.3 is 0 Å². The van der Waals surface area contributed by atoms with Gasteiger partial charge in [0.2, 0.25) is 0 Å². The Morgan fingerprint density at radius 2 is 1.16 bits per heavy atom. The van der Waals surface area contributed by atoms with E-state index in [1.54, 1.807) is 0 Å². The van der Waals surface area contributed by atoms with Crippen LogP contribution in [0.15, 0.2) is 23.7 Å². The van der Waals surface area contributed by atoms with E-state index in [0.717, 1.165) is 52.1 Å². The van der Waals surface area contributed by atoms with E-state index in [0.29, 0.717) is 0 Å². The first kappa shape index (κ1) is 18.2. The molecule has 0 N–H and O–H groups in total. The van der Waals surface area contributed by atoms with Crippen LogP contribution in [0.4, 0.5) is 0 Å². The van der Waals surface area contributed by atoms with Crippen LogP contribution in [0.5, 0.6) is 0 Å². The Morgan fingerprint density at radius 3 is 1.47 bits per heavy atom. The van der Waals surface area contributed by atoms with Crippen molar-refractivity contribution in [2.24, 2.45) is 0 Å². The fraction of sp³-hybridized carbons (Fsp3) is 0.750. The molecule has 0 aromatic rings. The van der Waals surface area contributed by atoms with Crippen LogP contribution in [0.1, 0.15) is 53.4 Å². The van der Waals surface area contributed by atoms with Crippen LogP contribution in [-0.2, 0) is 14.2 Å². The third kappa shape index (κ3) is 10.8. The van der Waals surface area contributed by atoms with Crippen LogP contribution in [0.2, 0.25) is 0 Å². The summed E-state index contributed by atoms with van der Waals surface area (Å²) in [5, 5.41) is 0. The fourth-order valence-corrected chi connectivity index (χ4v) is 1.56. The van der Waals surface area contributed by atoms with Crippen LogP contribution in [0.25, 0.3) is 0 Å². The average Bonchev–Trinajstić information content (AvgIpc) is 2.44. The predicted octanol–water partition coefficient (Wildman–Crippen LogP) is 4.44. The summed E-state index contributed by atoms with van der Waals surface area (Å²) in [5.74, 6) is 0. The summed E-state index contributed by atoms with van der Waals surface area (Å²) in [6.45, 7) is 11.4. The Morgan fingerprint density at radius 1 is 0.737 bits per heavy atom. The molecule has 0 saturated carbocycles. The number of rotatable bonds is 12. The van der Waals surface area contributed by atoms with Crippen LogP contribution in [0, 0.1) is 0 Å². The summed E-state index contributed by atoms with van der Waals surface area (Å²) in [6.07, 6.45) is 7.60. The lowest BCUT2D eigenvalue weighted by Gasteiger charge is -2.06. The molecule has 0 saturated heterocycles. The lowest BCUT2D eigenvalue weighted by atomic mass is 10.1. The topological polar surface area (TPSA) is 27.7 Å². The maximum absolute atomic E-state index is 5.57. The van der Waals surface area contributed by atoms with E-state index < -0.39 is 0 Å². The molecule has 0 heterocycles. The Labute approximate surface area is 118 Å². The molecule has 0 bridgehead atoms. The highest BCUT2D eigenvalue weighted by atomic mass is 16.5. The molecule has 3 nitrogen and oxygen atoms in total. The van der Waals surface area contributed by atoms with Crippen molar-refractivity contribution in [3.8, 4) is 0 Å². The monoisotopic (exact) mass is 270 g/mol. The fourth-order valence-electron chi connectivity index (χ4n) is 1.56. The van der Waals surface area contributed by atoms with Gasteiger partial charge in [-0.3, -0.25) is 0 Å². The van der Waals surface area contributed by atoms with Gasteiger partial charge in [-0.15, -0.1) is 0 Å². The van der Waals surface area contributed by atoms with E-state index >= 15 is 0 Å². The number of ether oxygens (including phenoxy) is 3. The van der Waals surface area contributed by atoms with Gasteiger partial charge in [0.05, 0.1) is 25.7 Å². The van der Waals surface area contributed by atoms with Gasteiger partial charge in [-0.1, -0.05) is 13.8 Å². The largest absolute Gasteiger partial charge is 0.473 e. The van der Waals surface area contributed by atoms with Gasteiger partial charge in [0.1, 0.15) is 0 Å². The molecule has 0 fully saturated rings. The van der Waals surface area contributed by atoms with Gasteiger partial charge in [0.25, 0.3) is 0 Å². The zero-order valence-electron chi connectivity index (χ0n) is 13.0. The molecule has 3 heteroatoms. The van der Waals surface area contributed by atoms with Crippen LogP contribution < -0.4 is 0 Å². The van der Waals surface area contributed by atoms with E-state index in [2.05, 4.69) is 13.8 Å². The number of hydrogen-bond acceptors (Lipinski definition) is 3. The molecule has 0 aromatic heterocycles. The molecule has 0 rings (SSSR count). The van der Waals surface area contributed by atoms with Gasteiger partial charge in [0, 0.05) is 13.2 Å². The van der Waals surface area contributed by atoms with E-state index in [4.69, 9.17) is 14.2 Å². The second-order valence-corrected chi connectivity index (χ2v) is 4.29. The Kier molecular flexibility index (Phi) is 13.1. The van der Waals surface area contributed by atoms with Crippen LogP contribution in [-0.4, -0.2) is 26.4 Å². The Balaban J connectivity index is 4.07. The minimum absolute atomic E-state index is 0.772. The maximum atomic E-state index is 5.57. The quantitative estimate of drug-likeness (QED) is 0.387. The first-order valence-corrected chi connectivity index (χ1v) is 7.45. The summed E-state index contributed by atoms with van der Waals surface area (Å²) >= 11 is 0. The molecule has 0 amide bonds. The minimum Gasteiger partial charge on any atom is -0.473 e. The van der Waals surface area contributed by atoms with E-state index in [1.807, 2.05) is 26.4 Å². The molecule has 0 aliphatic heterocycles. The summed E-state index contributed by atoms with van der Waals surface area (Å²) in [7, 11) is 0. The minimum atomic E-state index is 0.772. The zero-order chi connectivity index (χ0) is 14.3. The highest BCUT2D eigenvalue weighted by molar-refractivity contribution is 5.01. The van der Waals surface area contributed by atoms with Crippen LogP contribution >= 0.6 is 0 Å². The predicted molar refractivity (Wildman–Crippen MR) is 80.1 cm³/mol. The standard InChI is InChI=1S/C16H30O3/c1-5-15(9-11-17-7-3)13-19-14-16(6-2)10-12-18-8-4/h13-14H,5-12H2,1-4H3. The summed E-state index contributed by atoms with van der Waals surface area (Å²) in [4.78, 5) is 0. The highest BCUT2D eigenvalue weighted by Crippen LogP contribution is 2.10. The molecule has 0 aromatic carbocycles. The van der Waals surface area contributed by atoms with Gasteiger partial charge in [-0.25, -0.2) is 0 Å². The van der Waals surface area contributed by atoms with E-state index in [9.17, 15) is 0 Å². The Hall–Kier alpha value is -0.800.